The molecule has 0 saturated heterocycles. The minimum atomic E-state index is -0.187. The van der Waals surface area contributed by atoms with Crippen molar-refractivity contribution < 1.29 is 9.53 Å². The van der Waals surface area contributed by atoms with Crippen molar-refractivity contribution in [2.45, 2.75) is 6.54 Å². The Bertz CT molecular complexity index is 809. The maximum Gasteiger partial charge on any atom is 0.253 e. The monoisotopic (exact) mass is 296 g/mol. The number of benzene rings is 2. The van der Waals surface area contributed by atoms with Gasteiger partial charge in [-0.2, -0.15) is 0 Å². The highest BCUT2D eigenvalue weighted by Crippen LogP contribution is 2.17. The van der Waals surface area contributed by atoms with Crippen LogP contribution in [0.2, 0.25) is 0 Å². The molecule has 0 aliphatic rings. The number of fused-ring (bicyclic) bond motifs is 1. The van der Waals surface area contributed by atoms with E-state index in [1.165, 1.54) is 0 Å². The van der Waals surface area contributed by atoms with Gasteiger partial charge in [-0.3, -0.25) is 4.79 Å². The number of imidazole rings is 1. The summed E-state index contributed by atoms with van der Waals surface area (Å²) in [6.45, 7) is 0.430. The lowest BCUT2D eigenvalue weighted by Crippen LogP contribution is -2.23. The standard InChI is InChI=1S/C16H16N4O2/c1-22-11-7-5-10(6-8-11)9-18-15(21)12-3-2-4-13-14(12)20-16(17)19-13/h2-8H,9H2,1H3,(H,18,21)(H3,17,19,20). The molecule has 0 aliphatic heterocycles. The molecule has 0 atom stereocenters. The van der Waals surface area contributed by atoms with E-state index in [9.17, 15) is 4.79 Å². The first kappa shape index (κ1) is 13.9. The Morgan fingerprint density at radius 3 is 2.77 bits per heavy atom. The number of amides is 1. The van der Waals surface area contributed by atoms with Gasteiger partial charge in [0, 0.05) is 6.54 Å². The van der Waals surface area contributed by atoms with Gasteiger partial charge in [-0.05, 0) is 29.8 Å². The van der Waals surface area contributed by atoms with Crippen LogP contribution in [-0.4, -0.2) is 23.0 Å². The molecule has 4 N–H and O–H groups in total. The number of hydrogen-bond donors (Lipinski definition) is 3. The number of nitrogens with zero attached hydrogens (tertiary/aromatic N) is 1. The van der Waals surface area contributed by atoms with Crippen LogP contribution in [0.15, 0.2) is 42.5 Å². The molecule has 0 fully saturated rings. The number of anilines is 1. The van der Waals surface area contributed by atoms with Crippen LogP contribution in [0, 0.1) is 0 Å². The van der Waals surface area contributed by atoms with Crippen molar-refractivity contribution in [3.05, 3.63) is 53.6 Å². The summed E-state index contributed by atoms with van der Waals surface area (Å²) in [5.74, 6) is 0.894. The summed E-state index contributed by atoms with van der Waals surface area (Å²) in [7, 11) is 1.62. The molecule has 1 amide bonds. The molecule has 22 heavy (non-hydrogen) atoms. The highest BCUT2D eigenvalue weighted by Gasteiger charge is 2.12. The minimum absolute atomic E-state index is 0.187. The smallest absolute Gasteiger partial charge is 0.253 e. The number of aromatic nitrogens is 2. The largest absolute Gasteiger partial charge is 0.497 e. The number of methoxy groups -OCH3 is 1. The number of rotatable bonds is 4. The SMILES string of the molecule is COc1ccc(CNC(=O)c2cccc3[nH]c(N)nc23)cc1. The Morgan fingerprint density at radius 1 is 1.27 bits per heavy atom. The first-order chi connectivity index (χ1) is 10.7. The van der Waals surface area contributed by atoms with E-state index in [1.807, 2.05) is 30.3 Å². The summed E-state index contributed by atoms with van der Waals surface area (Å²) in [5.41, 5.74) is 8.45. The second-order valence-corrected chi connectivity index (χ2v) is 4.85. The molecule has 0 saturated carbocycles. The van der Waals surface area contributed by atoms with Gasteiger partial charge in [0.2, 0.25) is 0 Å². The number of ether oxygens (including phenoxy) is 1. The van der Waals surface area contributed by atoms with Gasteiger partial charge in [0.15, 0.2) is 5.95 Å². The van der Waals surface area contributed by atoms with E-state index in [0.29, 0.717) is 23.6 Å². The summed E-state index contributed by atoms with van der Waals surface area (Å²) in [5, 5.41) is 2.88. The molecule has 1 aromatic heterocycles. The Morgan fingerprint density at radius 2 is 2.05 bits per heavy atom. The fourth-order valence-electron chi connectivity index (χ4n) is 2.26. The molecule has 0 radical (unpaired) electrons. The van der Waals surface area contributed by atoms with Crippen molar-refractivity contribution in [1.82, 2.24) is 15.3 Å². The molecule has 0 bridgehead atoms. The lowest BCUT2D eigenvalue weighted by molar-refractivity contribution is 0.0952. The Kier molecular flexibility index (Phi) is 3.65. The fourth-order valence-corrected chi connectivity index (χ4v) is 2.26. The number of carbonyl (C=O) groups excluding carboxylic acids is 1. The van der Waals surface area contributed by atoms with Crippen molar-refractivity contribution in [1.29, 1.82) is 0 Å². The van der Waals surface area contributed by atoms with Crippen molar-refractivity contribution in [2.24, 2.45) is 0 Å². The number of nitrogens with one attached hydrogen (secondary N) is 2. The van der Waals surface area contributed by atoms with Crippen LogP contribution in [0.1, 0.15) is 15.9 Å². The average molecular weight is 296 g/mol. The van der Waals surface area contributed by atoms with Gasteiger partial charge in [-0.15, -0.1) is 0 Å². The quantitative estimate of drug-likeness (QED) is 0.687. The molecule has 112 valence electrons. The van der Waals surface area contributed by atoms with Crippen molar-refractivity contribution in [3.63, 3.8) is 0 Å². The zero-order valence-electron chi connectivity index (χ0n) is 12.1. The maximum atomic E-state index is 12.3. The summed E-state index contributed by atoms with van der Waals surface area (Å²) in [4.78, 5) is 19.4. The van der Waals surface area contributed by atoms with E-state index in [-0.39, 0.29) is 5.91 Å². The van der Waals surface area contributed by atoms with E-state index in [2.05, 4.69) is 15.3 Å². The lowest BCUT2D eigenvalue weighted by Gasteiger charge is -2.07. The van der Waals surface area contributed by atoms with Crippen LogP contribution in [0.5, 0.6) is 5.75 Å². The number of H-pyrrole nitrogens is 1. The van der Waals surface area contributed by atoms with Crippen LogP contribution < -0.4 is 15.8 Å². The van der Waals surface area contributed by atoms with Crippen molar-refractivity contribution in [2.75, 3.05) is 12.8 Å². The van der Waals surface area contributed by atoms with E-state index in [0.717, 1.165) is 16.8 Å². The van der Waals surface area contributed by atoms with Gasteiger partial charge in [-0.25, -0.2) is 4.98 Å². The average Bonchev–Trinajstić information content (AvgIpc) is 2.93. The fraction of sp³-hybridized carbons (Fsp3) is 0.125. The third kappa shape index (κ3) is 2.71. The lowest BCUT2D eigenvalue weighted by atomic mass is 10.1. The topological polar surface area (TPSA) is 93.0 Å². The number of para-hydroxylation sites is 1. The number of carbonyl (C=O) groups is 1. The minimum Gasteiger partial charge on any atom is -0.497 e. The highest BCUT2D eigenvalue weighted by atomic mass is 16.5. The molecule has 6 heteroatoms. The molecule has 0 spiro atoms. The summed E-state index contributed by atoms with van der Waals surface area (Å²) in [6, 6.07) is 12.9. The Labute approximate surface area is 127 Å². The first-order valence-electron chi connectivity index (χ1n) is 6.82. The Balaban J connectivity index is 1.75. The zero-order chi connectivity index (χ0) is 15.5. The van der Waals surface area contributed by atoms with Crippen LogP contribution in [0.25, 0.3) is 11.0 Å². The molecular formula is C16H16N4O2. The number of nitrogens with two attached hydrogens (primary N) is 1. The first-order valence-corrected chi connectivity index (χ1v) is 6.82. The molecule has 3 aromatic rings. The highest BCUT2D eigenvalue weighted by molar-refractivity contribution is 6.05. The van der Waals surface area contributed by atoms with Gasteiger partial charge < -0.3 is 20.8 Å². The predicted octanol–water partition coefficient (Wildman–Crippen LogP) is 2.08. The summed E-state index contributed by atoms with van der Waals surface area (Å²) >= 11 is 0. The van der Waals surface area contributed by atoms with Gasteiger partial charge in [0.05, 0.1) is 18.2 Å². The Hall–Kier alpha value is -3.02. The van der Waals surface area contributed by atoms with Gasteiger partial charge in [-0.1, -0.05) is 18.2 Å². The van der Waals surface area contributed by atoms with Gasteiger partial charge in [0.25, 0.3) is 5.91 Å². The zero-order valence-corrected chi connectivity index (χ0v) is 12.1. The number of nitrogen functional groups attached to an aromatic ring is 1. The van der Waals surface area contributed by atoms with Crippen LogP contribution >= 0.6 is 0 Å². The summed E-state index contributed by atoms with van der Waals surface area (Å²) in [6.07, 6.45) is 0. The van der Waals surface area contributed by atoms with E-state index in [4.69, 9.17) is 10.5 Å². The van der Waals surface area contributed by atoms with Gasteiger partial charge >= 0.3 is 0 Å². The van der Waals surface area contributed by atoms with E-state index >= 15 is 0 Å². The molecule has 3 rings (SSSR count). The van der Waals surface area contributed by atoms with Crippen molar-refractivity contribution >= 4 is 22.9 Å². The summed E-state index contributed by atoms with van der Waals surface area (Å²) < 4.78 is 5.10. The van der Waals surface area contributed by atoms with E-state index in [1.54, 1.807) is 19.2 Å². The molecule has 0 unspecified atom stereocenters. The van der Waals surface area contributed by atoms with Crippen LogP contribution in [0.3, 0.4) is 0 Å². The van der Waals surface area contributed by atoms with Crippen LogP contribution in [-0.2, 0) is 6.54 Å². The number of aromatic amines is 1. The predicted molar refractivity (Wildman–Crippen MR) is 84.7 cm³/mol. The van der Waals surface area contributed by atoms with Crippen molar-refractivity contribution in [3.8, 4) is 5.75 Å². The third-order valence-electron chi connectivity index (χ3n) is 3.39. The molecule has 2 aromatic carbocycles. The normalized spacial score (nSPS) is 10.6. The second kappa shape index (κ2) is 5.77. The van der Waals surface area contributed by atoms with E-state index < -0.39 is 0 Å². The maximum absolute atomic E-state index is 12.3. The molecule has 6 nitrogen and oxygen atoms in total. The second-order valence-electron chi connectivity index (χ2n) is 4.85. The third-order valence-corrected chi connectivity index (χ3v) is 3.39. The molecular weight excluding hydrogens is 280 g/mol. The molecule has 0 aliphatic carbocycles. The van der Waals surface area contributed by atoms with Crippen LogP contribution in [0.4, 0.5) is 5.95 Å². The molecule has 1 heterocycles. The number of hydrogen-bond acceptors (Lipinski definition) is 4. The van der Waals surface area contributed by atoms with Gasteiger partial charge in [0.1, 0.15) is 11.3 Å².